The van der Waals surface area contributed by atoms with Gasteiger partial charge in [-0.05, 0) is 24.5 Å². The van der Waals surface area contributed by atoms with Gasteiger partial charge in [0.15, 0.2) is 0 Å². The van der Waals surface area contributed by atoms with Gasteiger partial charge in [0.05, 0.1) is 6.10 Å². The molecule has 84 valence electrons. The molecular formula is C11H15F2NO. The number of rotatable bonds is 4. The van der Waals surface area contributed by atoms with Crippen molar-refractivity contribution in [2.24, 2.45) is 5.73 Å². The number of hydrogen-bond donors (Lipinski definition) is 2. The molecule has 3 N–H and O–H groups in total. The number of benzene rings is 1. The van der Waals surface area contributed by atoms with Crippen molar-refractivity contribution < 1.29 is 13.9 Å². The minimum Gasteiger partial charge on any atom is -0.392 e. The van der Waals surface area contributed by atoms with Crippen LogP contribution >= 0.6 is 0 Å². The molecule has 2 unspecified atom stereocenters. The molecular weight excluding hydrogens is 200 g/mol. The van der Waals surface area contributed by atoms with Gasteiger partial charge in [-0.15, -0.1) is 0 Å². The highest BCUT2D eigenvalue weighted by atomic mass is 19.1. The number of hydrogen-bond acceptors (Lipinski definition) is 2. The average molecular weight is 215 g/mol. The van der Waals surface area contributed by atoms with E-state index in [9.17, 15) is 13.9 Å². The highest BCUT2D eigenvalue weighted by Crippen LogP contribution is 2.25. The summed E-state index contributed by atoms with van der Waals surface area (Å²) in [4.78, 5) is 0. The Labute approximate surface area is 87.7 Å². The molecule has 0 amide bonds. The third kappa shape index (κ3) is 2.97. The predicted octanol–water partition coefficient (Wildman–Crippen LogP) is 1.78. The first-order valence-corrected chi connectivity index (χ1v) is 4.88. The van der Waals surface area contributed by atoms with E-state index in [1.807, 2.05) is 0 Å². The highest BCUT2D eigenvalue weighted by Gasteiger charge is 2.18. The fourth-order valence-corrected chi connectivity index (χ4v) is 1.60. The van der Waals surface area contributed by atoms with Crippen LogP contribution < -0.4 is 5.73 Å². The van der Waals surface area contributed by atoms with Crippen LogP contribution in [0, 0.1) is 11.6 Å². The molecule has 1 aromatic carbocycles. The van der Waals surface area contributed by atoms with E-state index in [4.69, 9.17) is 5.73 Å². The van der Waals surface area contributed by atoms with Gasteiger partial charge in [-0.25, -0.2) is 8.78 Å². The van der Waals surface area contributed by atoms with E-state index in [1.165, 1.54) is 18.2 Å². The second kappa shape index (κ2) is 5.19. The Hall–Kier alpha value is -1.00. The SMILES string of the molecule is CC(CC(O)CN)c1c(F)cccc1F. The number of aliphatic hydroxyl groups is 1. The largest absolute Gasteiger partial charge is 0.392 e. The second-order valence-corrected chi connectivity index (χ2v) is 3.66. The van der Waals surface area contributed by atoms with E-state index in [-0.39, 0.29) is 24.4 Å². The number of aliphatic hydroxyl groups excluding tert-OH is 1. The van der Waals surface area contributed by atoms with E-state index in [0.29, 0.717) is 0 Å². The van der Waals surface area contributed by atoms with Gasteiger partial charge in [-0.2, -0.15) is 0 Å². The Morgan fingerprint density at radius 3 is 2.33 bits per heavy atom. The normalized spacial score (nSPS) is 15.0. The monoisotopic (exact) mass is 215 g/mol. The van der Waals surface area contributed by atoms with Crippen molar-refractivity contribution >= 4 is 0 Å². The molecule has 0 saturated heterocycles. The van der Waals surface area contributed by atoms with Crippen molar-refractivity contribution in [3.63, 3.8) is 0 Å². The zero-order chi connectivity index (χ0) is 11.4. The zero-order valence-electron chi connectivity index (χ0n) is 8.58. The molecule has 0 aliphatic rings. The van der Waals surface area contributed by atoms with Gasteiger partial charge in [-0.3, -0.25) is 0 Å². The molecule has 0 saturated carbocycles. The van der Waals surface area contributed by atoms with Crippen LogP contribution in [0.1, 0.15) is 24.8 Å². The fraction of sp³-hybridized carbons (Fsp3) is 0.455. The quantitative estimate of drug-likeness (QED) is 0.804. The van der Waals surface area contributed by atoms with E-state index < -0.39 is 17.7 Å². The summed E-state index contributed by atoms with van der Waals surface area (Å²) in [6, 6.07) is 3.74. The summed E-state index contributed by atoms with van der Waals surface area (Å²) in [5, 5.41) is 9.30. The molecule has 0 aliphatic carbocycles. The van der Waals surface area contributed by atoms with Crippen LogP contribution in [0.2, 0.25) is 0 Å². The molecule has 1 rings (SSSR count). The molecule has 0 aromatic heterocycles. The van der Waals surface area contributed by atoms with Crippen LogP contribution in [-0.2, 0) is 0 Å². The van der Waals surface area contributed by atoms with Gasteiger partial charge in [0, 0.05) is 12.1 Å². The van der Waals surface area contributed by atoms with E-state index in [1.54, 1.807) is 6.92 Å². The van der Waals surface area contributed by atoms with E-state index >= 15 is 0 Å². The molecule has 0 aliphatic heterocycles. The van der Waals surface area contributed by atoms with Gasteiger partial charge < -0.3 is 10.8 Å². The zero-order valence-corrected chi connectivity index (χ0v) is 8.58. The maximum Gasteiger partial charge on any atom is 0.129 e. The third-order valence-electron chi connectivity index (χ3n) is 2.39. The Morgan fingerprint density at radius 2 is 1.87 bits per heavy atom. The van der Waals surface area contributed by atoms with Crippen LogP contribution in [0.4, 0.5) is 8.78 Å². The lowest BCUT2D eigenvalue weighted by atomic mass is 9.94. The molecule has 4 heteroatoms. The smallest absolute Gasteiger partial charge is 0.129 e. The third-order valence-corrected chi connectivity index (χ3v) is 2.39. The maximum absolute atomic E-state index is 13.3. The summed E-state index contributed by atoms with van der Waals surface area (Å²) in [6.07, 6.45) is -0.465. The number of halogens is 2. The lowest BCUT2D eigenvalue weighted by Crippen LogP contribution is -2.22. The van der Waals surface area contributed by atoms with Crippen molar-refractivity contribution in [2.45, 2.75) is 25.4 Å². The van der Waals surface area contributed by atoms with Gasteiger partial charge in [-0.1, -0.05) is 13.0 Å². The predicted molar refractivity (Wildman–Crippen MR) is 54.5 cm³/mol. The lowest BCUT2D eigenvalue weighted by molar-refractivity contribution is 0.164. The van der Waals surface area contributed by atoms with Crippen molar-refractivity contribution in [1.29, 1.82) is 0 Å². The van der Waals surface area contributed by atoms with Gasteiger partial charge in [0.25, 0.3) is 0 Å². The van der Waals surface area contributed by atoms with Crippen molar-refractivity contribution in [3.8, 4) is 0 Å². The highest BCUT2D eigenvalue weighted by molar-refractivity contribution is 5.23. The van der Waals surface area contributed by atoms with Crippen LogP contribution in [0.25, 0.3) is 0 Å². The van der Waals surface area contributed by atoms with Gasteiger partial charge >= 0.3 is 0 Å². The summed E-state index contributed by atoms with van der Waals surface area (Å²) < 4.78 is 26.6. The van der Waals surface area contributed by atoms with Crippen LogP contribution in [0.15, 0.2) is 18.2 Å². The minimum absolute atomic E-state index is 0.0185. The summed E-state index contributed by atoms with van der Waals surface area (Å²) in [7, 11) is 0. The molecule has 1 aromatic rings. The maximum atomic E-state index is 13.3. The molecule has 0 spiro atoms. The van der Waals surface area contributed by atoms with Crippen LogP contribution in [-0.4, -0.2) is 17.8 Å². The van der Waals surface area contributed by atoms with E-state index in [0.717, 1.165) is 0 Å². The molecule has 0 bridgehead atoms. The molecule has 15 heavy (non-hydrogen) atoms. The topological polar surface area (TPSA) is 46.2 Å². The Bertz CT molecular complexity index is 310. The fourth-order valence-electron chi connectivity index (χ4n) is 1.60. The molecule has 2 nitrogen and oxygen atoms in total. The average Bonchev–Trinajstić information content (AvgIpc) is 2.17. The van der Waals surface area contributed by atoms with Crippen molar-refractivity contribution in [3.05, 3.63) is 35.4 Å². The van der Waals surface area contributed by atoms with Crippen LogP contribution in [0.3, 0.4) is 0 Å². The van der Waals surface area contributed by atoms with E-state index in [2.05, 4.69) is 0 Å². The first-order chi connectivity index (χ1) is 7.06. The first-order valence-electron chi connectivity index (χ1n) is 4.88. The van der Waals surface area contributed by atoms with Crippen molar-refractivity contribution in [2.75, 3.05) is 6.54 Å². The summed E-state index contributed by atoms with van der Waals surface area (Å²) in [6.45, 7) is 1.76. The minimum atomic E-state index is -0.723. The Kier molecular flexibility index (Phi) is 4.17. The molecule has 2 atom stereocenters. The van der Waals surface area contributed by atoms with Crippen molar-refractivity contribution in [1.82, 2.24) is 0 Å². The Balaban J connectivity index is 2.86. The first kappa shape index (κ1) is 12.1. The lowest BCUT2D eigenvalue weighted by Gasteiger charge is -2.16. The molecule has 0 heterocycles. The number of nitrogens with two attached hydrogens (primary N) is 1. The molecule has 0 fully saturated rings. The van der Waals surface area contributed by atoms with Crippen LogP contribution in [0.5, 0.6) is 0 Å². The Morgan fingerprint density at radius 1 is 1.33 bits per heavy atom. The second-order valence-electron chi connectivity index (χ2n) is 3.66. The summed E-state index contributed by atoms with van der Waals surface area (Å²) in [5.74, 6) is -1.54. The van der Waals surface area contributed by atoms with Gasteiger partial charge in [0.1, 0.15) is 11.6 Å². The summed E-state index contributed by atoms with van der Waals surface area (Å²) >= 11 is 0. The summed E-state index contributed by atoms with van der Waals surface area (Å²) in [5.41, 5.74) is 5.26. The molecule has 0 radical (unpaired) electrons. The van der Waals surface area contributed by atoms with Gasteiger partial charge in [0.2, 0.25) is 0 Å². The standard InChI is InChI=1S/C11H15F2NO/c1-7(5-8(15)6-14)11-9(12)3-2-4-10(11)13/h2-4,7-8,15H,5-6,14H2,1H3.